The van der Waals surface area contributed by atoms with E-state index in [2.05, 4.69) is 0 Å². The Bertz CT molecular complexity index is 485. The van der Waals surface area contributed by atoms with Gasteiger partial charge < -0.3 is 20.1 Å². The summed E-state index contributed by atoms with van der Waals surface area (Å²) >= 11 is 0. The molecule has 1 aliphatic heterocycles. The van der Waals surface area contributed by atoms with Crippen molar-refractivity contribution in [3.8, 4) is 5.75 Å². The third-order valence-electron chi connectivity index (χ3n) is 3.44. The quantitative estimate of drug-likeness (QED) is 0.916. The van der Waals surface area contributed by atoms with E-state index in [9.17, 15) is 4.79 Å². The van der Waals surface area contributed by atoms with Gasteiger partial charge in [-0.25, -0.2) is 0 Å². The van der Waals surface area contributed by atoms with E-state index < -0.39 is 0 Å². The Labute approximate surface area is 126 Å². The predicted molar refractivity (Wildman–Crippen MR) is 81.5 cm³/mol. The van der Waals surface area contributed by atoms with E-state index in [0.717, 1.165) is 5.75 Å². The Morgan fingerprint density at radius 1 is 1.43 bits per heavy atom. The Hall–Kier alpha value is -1.59. The fraction of sp³-hybridized carbons (Fsp3) is 0.562. The van der Waals surface area contributed by atoms with Crippen molar-refractivity contribution in [1.82, 2.24) is 4.90 Å². The van der Waals surface area contributed by atoms with Gasteiger partial charge in [0.05, 0.1) is 18.3 Å². The molecule has 21 heavy (non-hydrogen) atoms. The van der Waals surface area contributed by atoms with Crippen LogP contribution in [0, 0.1) is 0 Å². The zero-order valence-electron chi connectivity index (χ0n) is 13.0. The number of benzene rings is 1. The molecule has 1 unspecified atom stereocenters. The molecule has 1 fully saturated rings. The van der Waals surface area contributed by atoms with Crippen molar-refractivity contribution >= 4 is 5.91 Å². The largest absolute Gasteiger partial charge is 0.494 e. The second-order valence-electron chi connectivity index (χ2n) is 5.88. The summed E-state index contributed by atoms with van der Waals surface area (Å²) in [6.45, 7) is 8.02. The van der Waals surface area contributed by atoms with Crippen molar-refractivity contribution in [2.75, 3.05) is 26.2 Å². The molecule has 2 rings (SSSR count). The maximum Gasteiger partial charge on any atom is 0.254 e. The molecule has 1 aliphatic rings. The SMILES string of the molecule is CCOc1ccc(C(=O)N2CC(CN)OC(C)(C)C2)cc1. The molecule has 0 aliphatic carbocycles. The number of nitrogens with zero attached hydrogens (tertiary/aromatic N) is 1. The van der Waals surface area contributed by atoms with Crippen LogP contribution in [0.3, 0.4) is 0 Å². The van der Waals surface area contributed by atoms with Crippen LogP contribution < -0.4 is 10.5 Å². The topological polar surface area (TPSA) is 64.8 Å². The number of amides is 1. The average Bonchev–Trinajstić information content (AvgIpc) is 2.46. The average molecular weight is 292 g/mol. The lowest BCUT2D eigenvalue weighted by Crippen LogP contribution is -2.56. The number of hydrogen-bond acceptors (Lipinski definition) is 4. The fourth-order valence-corrected chi connectivity index (χ4v) is 2.62. The summed E-state index contributed by atoms with van der Waals surface area (Å²) < 4.78 is 11.2. The van der Waals surface area contributed by atoms with Crippen LogP contribution in [0.1, 0.15) is 31.1 Å². The van der Waals surface area contributed by atoms with E-state index in [1.165, 1.54) is 0 Å². The first kappa shape index (κ1) is 15.8. The lowest BCUT2D eigenvalue weighted by atomic mass is 10.0. The van der Waals surface area contributed by atoms with Gasteiger partial charge in [0.2, 0.25) is 0 Å². The van der Waals surface area contributed by atoms with E-state index in [4.69, 9.17) is 15.2 Å². The Morgan fingerprint density at radius 2 is 2.10 bits per heavy atom. The molecule has 116 valence electrons. The number of morpholine rings is 1. The molecule has 0 aromatic heterocycles. The van der Waals surface area contributed by atoms with Gasteiger partial charge >= 0.3 is 0 Å². The molecule has 0 radical (unpaired) electrons. The third-order valence-corrected chi connectivity index (χ3v) is 3.44. The minimum atomic E-state index is -0.372. The van der Waals surface area contributed by atoms with Crippen LogP contribution in [0.15, 0.2) is 24.3 Å². The van der Waals surface area contributed by atoms with Crippen LogP contribution in [0.4, 0.5) is 0 Å². The molecule has 1 amide bonds. The Kier molecular flexibility index (Phi) is 4.85. The van der Waals surface area contributed by atoms with Crippen molar-refractivity contribution in [3.63, 3.8) is 0 Å². The van der Waals surface area contributed by atoms with Crippen molar-refractivity contribution in [3.05, 3.63) is 29.8 Å². The molecular weight excluding hydrogens is 268 g/mol. The van der Waals surface area contributed by atoms with Gasteiger partial charge in [0, 0.05) is 25.2 Å². The lowest BCUT2D eigenvalue weighted by Gasteiger charge is -2.42. The normalized spacial score (nSPS) is 21.1. The molecule has 1 aromatic rings. The first-order valence-corrected chi connectivity index (χ1v) is 7.35. The van der Waals surface area contributed by atoms with E-state index in [-0.39, 0.29) is 17.6 Å². The van der Waals surface area contributed by atoms with E-state index in [1.54, 1.807) is 12.1 Å². The summed E-state index contributed by atoms with van der Waals surface area (Å²) in [5, 5.41) is 0. The summed E-state index contributed by atoms with van der Waals surface area (Å²) in [4.78, 5) is 14.4. The van der Waals surface area contributed by atoms with Gasteiger partial charge in [0.25, 0.3) is 5.91 Å². The smallest absolute Gasteiger partial charge is 0.254 e. The molecule has 1 heterocycles. The predicted octanol–water partition coefficient (Wildman–Crippen LogP) is 1.66. The molecule has 0 saturated carbocycles. The minimum Gasteiger partial charge on any atom is -0.494 e. The number of rotatable bonds is 4. The molecule has 0 bridgehead atoms. The molecule has 1 saturated heterocycles. The Morgan fingerprint density at radius 3 is 2.67 bits per heavy atom. The number of ether oxygens (including phenoxy) is 2. The monoisotopic (exact) mass is 292 g/mol. The summed E-state index contributed by atoms with van der Waals surface area (Å²) in [6.07, 6.45) is -0.111. The third kappa shape index (κ3) is 3.95. The first-order valence-electron chi connectivity index (χ1n) is 7.35. The van der Waals surface area contributed by atoms with Crippen molar-refractivity contribution in [2.24, 2.45) is 5.73 Å². The summed E-state index contributed by atoms with van der Waals surface area (Å²) in [7, 11) is 0. The molecule has 1 atom stereocenters. The van der Waals surface area contributed by atoms with Crippen molar-refractivity contribution in [1.29, 1.82) is 0 Å². The van der Waals surface area contributed by atoms with Gasteiger partial charge in [-0.05, 0) is 45.0 Å². The van der Waals surface area contributed by atoms with Crippen LogP contribution >= 0.6 is 0 Å². The van der Waals surface area contributed by atoms with Gasteiger partial charge in [-0.1, -0.05) is 0 Å². The highest BCUT2D eigenvalue weighted by Gasteiger charge is 2.35. The van der Waals surface area contributed by atoms with E-state index >= 15 is 0 Å². The fourth-order valence-electron chi connectivity index (χ4n) is 2.62. The zero-order valence-corrected chi connectivity index (χ0v) is 13.0. The van der Waals surface area contributed by atoms with Gasteiger partial charge in [-0.2, -0.15) is 0 Å². The summed E-state index contributed by atoms with van der Waals surface area (Å²) in [5.74, 6) is 0.782. The molecule has 5 heteroatoms. The van der Waals surface area contributed by atoms with Crippen LogP contribution in [0.25, 0.3) is 0 Å². The van der Waals surface area contributed by atoms with Crippen LogP contribution in [0.2, 0.25) is 0 Å². The van der Waals surface area contributed by atoms with Crippen molar-refractivity contribution < 1.29 is 14.3 Å². The van der Waals surface area contributed by atoms with Gasteiger partial charge in [-0.3, -0.25) is 4.79 Å². The highest BCUT2D eigenvalue weighted by molar-refractivity contribution is 5.94. The first-order chi connectivity index (χ1) is 9.95. The second kappa shape index (κ2) is 6.45. The maximum absolute atomic E-state index is 12.6. The van der Waals surface area contributed by atoms with Crippen LogP contribution in [-0.4, -0.2) is 48.8 Å². The maximum atomic E-state index is 12.6. The molecular formula is C16H24N2O3. The van der Waals surface area contributed by atoms with Gasteiger partial charge in [0.15, 0.2) is 0 Å². The standard InChI is InChI=1S/C16H24N2O3/c1-4-20-13-7-5-12(6-8-13)15(19)18-10-14(9-17)21-16(2,3)11-18/h5-8,14H,4,9-11,17H2,1-3H3. The number of carbonyl (C=O) groups excluding carboxylic acids is 1. The number of carbonyl (C=O) groups is 1. The minimum absolute atomic E-state index is 0.00729. The summed E-state index contributed by atoms with van der Waals surface area (Å²) in [5.41, 5.74) is 5.99. The Balaban J connectivity index is 2.11. The highest BCUT2D eigenvalue weighted by atomic mass is 16.5. The van der Waals surface area contributed by atoms with Crippen LogP contribution in [0.5, 0.6) is 5.75 Å². The second-order valence-corrected chi connectivity index (χ2v) is 5.88. The van der Waals surface area contributed by atoms with Crippen molar-refractivity contribution in [2.45, 2.75) is 32.5 Å². The molecule has 2 N–H and O–H groups in total. The zero-order chi connectivity index (χ0) is 15.5. The van der Waals surface area contributed by atoms with Crippen LogP contribution in [-0.2, 0) is 4.74 Å². The molecule has 0 spiro atoms. The van der Waals surface area contributed by atoms with E-state index in [0.29, 0.717) is 31.8 Å². The number of hydrogen-bond donors (Lipinski definition) is 1. The van der Waals surface area contributed by atoms with Gasteiger partial charge in [-0.15, -0.1) is 0 Å². The number of nitrogens with two attached hydrogens (primary N) is 1. The summed E-state index contributed by atoms with van der Waals surface area (Å²) in [6, 6.07) is 7.24. The van der Waals surface area contributed by atoms with E-state index in [1.807, 2.05) is 37.8 Å². The molecule has 1 aromatic carbocycles. The lowest BCUT2D eigenvalue weighted by molar-refractivity contribution is -0.122. The highest BCUT2D eigenvalue weighted by Crippen LogP contribution is 2.23. The van der Waals surface area contributed by atoms with Gasteiger partial charge in [0.1, 0.15) is 5.75 Å². The molecule has 5 nitrogen and oxygen atoms in total.